The number of nitrogens with zero attached hydrogens (tertiary/aromatic N) is 1. The molecule has 0 spiro atoms. The van der Waals surface area contributed by atoms with Gasteiger partial charge in [0.15, 0.2) is 5.76 Å². The molecule has 2 fully saturated rings. The third kappa shape index (κ3) is 2.92. The van der Waals surface area contributed by atoms with Crippen LogP contribution in [0.15, 0.2) is 46.9 Å². The summed E-state index contributed by atoms with van der Waals surface area (Å²) in [5, 5.41) is 4.51. The van der Waals surface area contributed by atoms with Gasteiger partial charge in [-0.2, -0.15) is 0 Å². The minimum atomic E-state index is -0.00780. The van der Waals surface area contributed by atoms with Crippen LogP contribution in [0.5, 0.6) is 5.75 Å². The molecule has 29 heavy (non-hydrogen) atoms. The summed E-state index contributed by atoms with van der Waals surface area (Å²) in [6.45, 7) is 6.66. The first-order valence-electron chi connectivity index (χ1n) is 10.2. The molecule has 150 valence electrons. The Morgan fingerprint density at radius 2 is 1.93 bits per heavy atom. The molecule has 3 atom stereocenters. The molecule has 2 saturated heterocycles. The molecular weight excluding hydrogens is 364 g/mol. The molecule has 0 bridgehead atoms. The molecule has 1 amide bonds. The van der Waals surface area contributed by atoms with Gasteiger partial charge in [-0.1, -0.05) is 24.3 Å². The van der Waals surface area contributed by atoms with Crippen LogP contribution in [0.3, 0.4) is 0 Å². The molecule has 5 heteroatoms. The number of amides is 1. The van der Waals surface area contributed by atoms with Gasteiger partial charge in [-0.3, -0.25) is 4.79 Å². The number of furan rings is 1. The minimum absolute atomic E-state index is 0.00780. The van der Waals surface area contributed by atoms with Gasteiger partial charge >= 0.3 is 0 Å². The monoisotopic (exact) mass is 390 g/mol. The van der Waals surface area contributed by atoms with Crippen LogP contribution in [-0.2, 0) is 0 Å². The molecule has 1 aromatic heterocycles. The fraction of sp³-hybridized carbons (Fsp3) is 0.375. The number of carbonyl (C=O) groups is 1. The summed E-state index contributed by atoms with van der Waals surface area (Å²) in [4.78, 5) is 15.7. The number of carbonyl (C=O) groups excluding carboxylic acids is 1. The van der Waals surface area contributed by atoms with E-state index in [1.165, 1.54) is 0 Å². The summed E-state index contributed by atoms with van der Waals surface area (Å²) in [5.41, 5.74) is 3.99. The van der Waals surface area contributed by atoms with E-state index in [0.29, 0.717) is 17.6 Å². The van der Waals surface area contributed by atoms with Gasteiger partial charge in [0, 0.05) is 36.5 Å². The molecule has 5 rings (SSSR count). The average Bonchev–Trinajstić information content (AvgIpc) is 3.40. The number of ether oxygens (including phenoxy) is 1. The first-order chi connectivity index (χ1) is 14.1. The van der Waals surface area contributed by atoms with Crippen LogP contribution in [0.25, 0.3) is 11.0 Å². The smallest absolute Gasteiger partial charge is 0.290 e. The van der Waals surface area contributed by atoms with Gasteiger partial charge in [0.05, 0.1) is 13.2 Å². The molecule has 0 aliphatic carbocycles. The van der Waals surface area contributed by atoms with E-state index in [2.05, 4.69) is 23.5 Å². The van der Waals surface area contributed by atoms with Gasteiger partial charge in [-0.05, 0) is 49.1 Å². The predicted molar refractivity (Wildman–Crippen MR) is 112 cm³/mol. The molecule has 0 saturated carbocycles. The van der Waals surface area contributed by atoms with E-state index in [1.807, 2.05) is 43.0 Å². The second-order valence-electron chi connectivity index (χ2n) is 8.31. The number of methoxy groups -OCH3 is 1. The highest BCUT2D eigenvalue weighted by Crippen LogP contribution is 2.44. The summed E-state index contributed by atoms with van der Waals surface area (Å²) in [5.74, 6) is 2.18. The first-order valence-corrected chi connectivity index (χ1v) is 10.2. The fourth-order valence-electron chi connectivity index (χ4n) is 5.02. The van der Waals surface area contributed by atoms with E-state index in [9.17, 15) is 4.79 Å². The number of hydrogen-bond acceptors (Lipinski definition) is 4. The number of nitrogens with one attached hydrogen (secondary N) is 1. The van der Waals surface area contributed by atoms with Crippen molar-refractivity contribution in [1.29, 1.82) is 0 Å². The lowest BCUT2D eigenvalue weighted by Crippen LogP contribution is -2.34. The fourth-order valence-corrected chi connectivity index (χ4v) is 5.02. The summed E-state index contributed by atoms with van der Waals surface area (Å²) >= 11 is 0. The lowest BCUT2D eigenvalue weighted by molar-refractivity contribution is 0.0683. The third-order valence-corrected chi connectivity index (χ3v) is 6.57. The van der Waals surface area contributed by atoms with E-state index < -0.39 is 0 Å². The summed E-state index contributed by atoms with van der Waals surface area (Å²) < 4.78 is 11.4. The second-order valence-corrected chi connectivity index (χ2v) is 8.31. The van der Waals surface area contributed by atoms with Gasteiger partial charge in [0.2, 0.25) is 0 Å². The zero-order valence-corrected chi connectivity index (χ0v) is 17.1. The molecule has 3 aromatic rings. The molecule has 1 N–H and O–H groups in total. The van der Waals surface area contributed by atoms with Crippen LogP contribution < -0.4 is 10.1 Å². The van der Waals surface area contributed by atoms with Crippen molar-refractivity contribution in [3.63, 3.8) is 0 Å². The Hall–Kier alpha value is -2.79. The van der Waals surface area contributed by atoms with Gasteiger partial charge in [-0.15, -0.1) is 0 Å². The Morgan fingerprint density at radius 3 is 2.69 bits per heavy atom. The quantitative estimate of drug-likeness (QED) is 0.732. The van der Waals surface area contributed by atoms with E-state index in [4.69, 9.17) is 9.15 Å². The van der Waals surface area contributed by atoms with E-state index in [1.54, 1.807) is 7.11 Å². The van der Waals surface area contributed by atoms with Crippen molar-refractivity contribution in [2.45, 2.75) is 19.9 Å². The predicted octanol–water partition coefficient (Wildman–Crippen LogP) is 4.09. The molecular formula is C24H26N2O3. The highest BCUT2D eigenvalue weighted by Gasteiger charge is 2.47. The van der Waals surface area contributed by atoms with Gasteiger partial charge in [0.25, 0.3) is 5.91 Å². The highest BCUT2D eigenvalue weighted by atomic mass is 16.5. The van der Waals surface area contributed by atoms with Crippen molar-refractivity contribution in [1.82, 2.24) is 10.2 Å². The molecule has 2 aliphatic heterocycles. The summed E-state index contributed by atoms with van der Waals surface area (Å²) in [7, 11) is 1.67. The first kappa shape index (κ1) is 18.3. The lowest BCUT2D eigenvalue weighted by atomic mass is 9.89. The van der Waals surface area contributed by atoms with Crippen LogP contribution in [-0.4, -0.2) is 37.6 Å². The van der Waals surface area contributed by atoms with E-state index in [0.717, 1.165) is 53.0 Å². The molecule has 2 aliphatic rings. The molecule has 5 nitrogen and oxygen atoms in total. The Bertz CT molecular complexity index is 1070. The van der Waals surface area contributed by atoms with Gasteiger partial charge < -0.3 is 19.4 Å². The number of rotatable bonds is 3. The number of hydrogen-bond donors (Lipinski definition) is 1. The largest absolute Gasteiger partial charge is 0.497 e. The van der Waals surface area contributed by atoms with Crippen LogP contribution >= 0.6 is 0 Å². The maximum atomic E-state index is 13.6. The Balaban J connectivity index is 1.54. The summed E-state index contributed by atoms with van der Waals surface area (Å²) in [6.07, 6.45) is 0. The zero-order valence-electron chi connectivity index (χ0n) is 17.1. The van der Waals surface area contributed by atoms with Crippen LogP contribution in [0.4, 0.5) is 0 Å². The maximum absolute atomic E-state index is 13.6. The summed E-state index contributed by atoms with van der Waals surface area (Å²) in [6, 6.07) is 14.3. The van der Waals surface area contributed by atoms with E-state index >= 15 is 0 Å². The Kier molecular flexibility index (Phi) is 4.36. The number of benzene rings is 2. The molecule has 3 heterocycles. The van der Waals surface area contributed by atoms with Crippen molar-refractivity contribution in [3.05, 3.63) is 64.9 Å². The minimum Gasteiger partial charge on any atom is -0.497 e. The van der Waals surface area contributed by atoms with E-state index in [-0.39, 0.29) is 11.9 Å². The maximum Gasteiger partial charge on any atom is 0.290 e. The Morgan fingerprint density at radius 1 is 1.14 bits per heavy atom. The SMILES string of the molecule is COc1ccc([C@H]2[C@H]3CNC[C@H]3CN2C(=O)c2oc3cc(C)ccc3c2C)cc1. The van der Waals surface area contributed by atoms with Crippen molar-refractivity contribution in [2.24, 2.45) is 11.8 Å². The second kappa shape index (κ2) is 6.92. The molecule has 2 aromatic carbocycles. The number of aryl methyl sites for hydroxylation is 2. The topological polar surface area (TPSA) is 54.7 Å². The zero-order chi connectivity index (χ0) is 20.1. The number of fused-ring (bicyclic) bond motifs is 2. The third-order valence-electron chi connectivity index (χ3n) is 6.57. The van der Waals surface area contributed by atoms with Crippen LogP contribution in [0.1, 0.15) is 33.3 Å². The van der Waals surface area contributed by atoms with Crippen molar-refractivity contribution in [2.75, 3.05) is 26.7 Å². The van der Waals surface area contributed by atoms with Gasteiger partial charge in [-0.25, -0.2) is 0 Å². The normalized spacial score (nSPS) is 23.6. The Labute approximate surface area is 170 Å². The van der Waals surface area contributed by atoms with Crippen molar-refractivity contribution >= 4 is 16.9 Å². The van der Waals surface area contributed by atoms with Gasteiger partial charge in [0.1, 0.15) is 11.3 Å². The van der Waals surface area contributed by atoms with Crippen LogP contribution in [0, 0.1) is 25.7 Å². The van der Waals surface area contributed by atoms with Crippen molar-refractivity contribution in [3.8, 4) is 5.75 Å². The molecule has 0 unspecified atom stereocenters. The van der Waals surface area contributed by atoms with Crippen LogP contribution in [0.2, 0.25) is 0 Å². The average molecular weight is 390 g/mol. The van der Waals surface area contributed by atoms with Crippen molar-refractivity contribution < 1.29 is 13.9 Å². The standard InChI is InChI=1S/C24H26N2O3/c1-14-4-9-19-15(2)23(29-21(19)10-14)24(27)26-13-17-11-25-12-20(17)22(26)16-5-7-18(28-3)8-6-16/h4-10,17,20,22,25H,11-13H2,1-3H3/t17-,20-,22-/m0/s1. The highest BCUT2D eigenvalue weighted by molar-refractivity contribution is 5.99. The molecule has 0 radical (unpaired) electrons. The lowest BCUT2D eigenvalue weighted by Gasteiger charge is -2.28. The number of likely N-dealkylation sites (tertiary alicyclic amines) is 1.